The fraction of sp³-hybridized carbons (Fsp3) is 1.00. The summed E-state index contributed by atoms with van der Waals surface area (Å²) in [6.45, 7) is 2.84. The Balaban J connectivity index is 1.90. The fourth-order valence-electron chi connectivity index (χ4n) is 2.94. The van der Waals surface area contributed by atoms with Gasteiger partial charge in [0.15, 0.2) is 0 Å². The topological polar surface area (TPSA) is 3.24 Å². The molecule has 0 radical (unpaired) electrons. The zero-order chi connectivity index (χ0) is 6.60. The Kier molecular flexibility index (Phi) is 0.883. The van der Waals surface area contributed by atoms with Gasteiger partial charge in [0, 0.05) is 5.54 Å². The van der Waals surface area contributed by atoms with E-state index in [0.29, 0.717) is 0 Å². The third-order valence-electron chi connectivity index (χ3n) is 3.78. The van der Waals surface area contributed by atoms with E-state index in [-0.39, 0.29) is 0 Å². The van der Waals surface area contributed by atoms with E-state index in [1.165, 1.54) is 38.8 Å². The van der Waals surface area contributed by atoms with Crippen molar-refractivity contribution in [2.24, 2.45) is 5.92 Å². The van der Waals surface area contributed by atoms with Crippen LogP contribution in [0.3, 0.4) is 0 Å². The molecule has 1 heteroatoms. The summed E-state index contributed by atoms with van der Waals surface area (Å²) < 4.78 is 0. The molecule has 4 aliphatic rings. The summed E-state index contributed by atoms with van der Waals surface area (Å²) in [7, 11) is 0. The van der Waals surface area contributed by atoms with Crippen molar-refractivity contribution in [3.8, 4) is 0 Å². The molecule has 4 rings (SSSR count). The van der Waals surface area contributed by atoms with Crippen LogP contribution in [0.25, 0.3) is 0 Å². The van der Waals surface area contributed by atoms with Crippen molar-refractivity contribution in [2.45, 2.75) is 37.6 Å². The molecule has 0 aromatic heterocycles. The standard InChI is InChI=1S/C9H15N/c1-5-10-6-2-8(1)7-9(10)3-4-9/h8H,1-7H2. The van der Waals surface area contributed by atoms with E-state index in [1.807, 2.05) is 0 Å². The normalized spacial score (nSPS) is 48.0. The van der Waals surface area contributed by atoms with Crippen LogP contribution in [0.15, 0.2) is 0 Å². The third kappa shape index (κ3) is 0.572. The minimum Gasteiger partial charge on any atom is -0.298 e. The molecule has 2 bridgehead atoms. The second kappa shape index (κ2) is 1.58. The molecule has 3 saturated heterocycles. The predicted molar refractivity (Wildman–Crippen MR) is 40.9 cm³/mol. The Bertz CT molecular complexity index is 152. The Morgan fingerprint density at radius 2 is 1.80 bits per heavy atom. The SMILES string of the molecule is C1CN2CCC1CC21CC1. The molecule has 1 saturated carbocycles. The van der Waals surface area contributed by atoms with Crippen LogP contribution >= 0.6 is 0 Å². The zero-order valence-electron chi connectivity index (χ0n) is 6.47. The quantitative estimate of drug-likeness (QED) is 0.490. The number of rotatable bonds is 0. The number of hydrogen-bond donors (Lipinski definition) is 0. The van der Waals surface area contributed by atoms with Gasteiger partial charge in [0.25, 0.3) is 0 Å². The Morgan fingerprint density at radius 3 is 2.10 bits per heavy atom. The molecule has 0 atom stereocenters. The van der Waals surface area contributed by atoms with Crippen molar-refractivity contribution in [3.63, 3.8) is 0 Å². The molecule has 4 fully saturated rings. The molecule has 0 aromatic rings. The zero-order valence-corrected chi connectivity index (χ0v) is 6.47. The van der Waals surface area contributed by atoms with Gasteiger partial charge >= 0.3 is 0 Å². The highest BCUT2D eigenvalue weighted by Gasteiger charge is 2.53. The summed E-state index contributed by atoms with van der Waals surface area (Å²) in [4.78, 5) is 2.76. The van der Waals surface area contributed by atoms with E-state index in [0.717, 1.165) is 11.5 Å². The van der Waals surface area contributed by atoms with Crippen LogP contribution in [0.2, 0.25) is 0 Å². The summed E-state index contributed by atoms with van der Waals surface area (Å²) in [5.41, 5.74) is 0.779. The van der Waals surface area contributed by atoms with Gasteiger partial charge in [0.1, 0.15) is 0 Å². The minimum absolute atomic E-state index is 0.779. The molecule has 3 aliphatic heterocycles. The lowest BCUT2D eigenvalue weighted by Gasteiger charge is -2.46. The van der Waals surface area contributed by atoms with Crippen LogP contribution in [0.4, 0.5) is 0 Å². The lowest BCUT2D eigenvalue weighted by atomic mass is 9.82. The fourth-order valence-corrected chi connectivity index (χ4v) is 2.94. The highest BCUT2D eigenvalue weighted by molar-refractivity contribution is 5.09. The van der Waals surface area contributed by atoms with Gasteiger partial charge in [-0.2, -0.15) is 0 Å². The van der Waals surface area contributed by atoms with Gasteiger partial charge in [-0.25, -0.2) is 0 Å². The molecule has 1 spiro atoms. The van der Waals surface area contributed by atoms with E-state index in [9.17, 15) is 0 Å². The molecule has 10 heavy (non-hydrogen) atoms. The lowest BCUT2D eigenvalue weighted by Crippen LogP contribution is -2.50. The van der Waals surface area contributed by atoms with Crippen LogP contribution in [0.1, 0.15) is 32.1 Å². The predicted octanol–water partition coefficient (Wildman–Crippen LogP) is 1.63. The van der Waals surface area contributed by atoms with Gasteiger partial charge < -0.3 is 0 Å². The van der Waals surface area contributed by atoms with Crippen molar-refractivity contribution >= 4 is 0 Å². The Morgan fingerprint density at radius 1 is 1.10 bits per heavy atom. The lowest BCUT2D eigenvalue weighted by molar-refractivity contribution is 0.0338. The monoisotopic (exact) mass is 137 g/mol. The molecule has 0 amide bonds. The average molecular weight is 137 g/mol. The van der Waals surface area contributed by atoms with Crippen LogP contribution in [-0.2, 0) is 0 Å². The van der Waals surface area contributed by atoms with Crippen LogP contribution in [-0.4, -0.2) is 23.5 Å². The molecule has 0 unspecified atom stereocenters. The van der Waals surface area contributed by atoms with E-state index in [1.54, 1.807) is 6.42 Å². The van der Waals surface area contributed by atoms with Gasteiger partial charge in [-0.3, -0.25) is 4.90 Å². The summed E-state index contributed by atoms with van der Waals surface area (Å²) in [6, 6.07) is 0. The second-order valence-corrected chi connectivity index (χ2v) is 4.36. The molecular formula is C9H15N. The molecule has 0 aromatic carbocycles. The molecular weight excluding hydrogens is 122 g/mol. The van der Waals surface area contributed by atoms with E-state index in [2.05, 4.69) is 4.90 Å². The van der Waals surface area contributed by atoms with Gasteiger partial charge in [0.05, 0.1) is 0 Å². The van der Waals surface area contributed by atoms with E-state index < -0.39 is 0 Å². The first-order valence-electron chi connectivity index (χ1n) is 4.64. The van der Waals surface area contributed by atoms with Gasteiger partial charge in [-0.15, -0.1) is 0 Å². The molecule has 0 N–H and O–H groups in total. The van der Waals surface area contributed by atoms with Crippen LogP contribution in [0.5, 0.6) is 0 Å². The first kappa shape index (κ1) is 5.59. The Hall–Kier alpha value is -0.0400. The largest absolute Gasteiger partial charge is 0.298 e. The summed E-state index contributed by atoms with van der Waals surface area (Å²) >= 11 is 0. The number of nitrogens with zero attached hydrogens (tertiary/aromatic N) is 1. The summed E-state index contributed by atoms with van der Waals surface area (Å²) in [5, 5.41) is 0. The number of fused-ring (bicyclic) bond motifs is 2. The molecule has 1 aliphatic carbocycles. The van der Waals surface area contributed by atoms with Crippen LogP contribution < -0.4 is 0 Å². The van der Waals surface area contributed by atoms with Gasteiger partial charge in [-0.05, 0) is 51.1 Å². The minimum atomic E-state index is 0.779. The number of hydrogen-bond acceptors (Lipinski definition) is 1. The van der Waals surface area contributed by atoms with Crippen LogP contribution in [0, 0.1) is 5.92 Å². The second-order valence-electron chi connectivity index (χ2n) is 4.36. The first-order valence-corrected chi connectivity index (χ1v) is 4.64. The highest BCUT2D eigenvalue weighted by Crippen LogP contribution is 2.53. The van der Waals surface area contributed by atoms with Crippen molar-refractivity contribution in [1.29, 1.82) is 0 Å². The van der Waals surface area contributed by atoms with E-state index >= 15 is 0 Å². The maximum Gasteiger partial charge on any atom is 0.0213 e. The Labute approximate surface area is 62.4 Å². The molecule has 1 nitrogen and oxygen atoms in total. The van der Waals surface area contributed by atoms with Crippen molar-refractivity contribution in [2.75, 3.05) is 13.1 Å². The average Bonchev–Trinajstić information content (AvgIpc) is 2.72. The first-order chi connectivity index (χ1) is 4.89. The summed E-state index contributed by atoms with van der Waals surface area (Å²) in [6.07, 6.45) is 7.59. The smallest absolute Gasteiger partial charge is 0.0213 e. The van der Waals surface area contributed by atoms with Gasteiger partial charge in [0.2, 0.25) is 0 Å². The van der Waals surface area contributed by atoms with Gasteiger partial charge in [-0.1, -0.05) is 0 Å². The third-order valence-corrected chi connectivity index (χ3v) is 3.78. The molecule has 3 heterocycles. The molecule has 56 valence electrons. The van der Waals surface area contributed by atoms with Crippen molar-refractivity contribution in [3.05, 3.63) is 0 Å². The van der Waals surface area contributed by atoms with Crippen molar-refractivity contribution < 1.29 is 0 Å². The maximum atomic E-state index is 2.76. The maximum absolute atomic E-state index is 2.76. The van der Waals surface area contributed by atoms with Crippen molar-refractivity contribution in [1.82, 2.24) is 4.90 Å². The highest BCUT2D eigenvalue weighted by atomic mass is 15.2. The summed E-state index contributed by atoms with van der Waals surface area (Å²) in [5.74, 6) is 1.12. The number of piperidine rings is 3. The van der Waals surface area contributed by atoms with E-state index in [4.69, 9.17) is 0 Å².